The molecule has 7 nitrogen and oxygen atoms in total. The zero-order chi connectivity index (χ0) is 19.1. The fourth-order valence-corrected chi connectivity index (χ4v) is 4.90. The molecule has 0 radical (unpaired) electrons. The molecule has 11 heteroatoms. The standard InChI is InChI=1S/C15H19F3N2O5S/c16-15(17,18)12-9-19(8-11(12)14(21)22)7-10-3-4-13(25-10)26(23,24)20-5-1-2-6-20/h3-4,11-12H,1-2,5-9H2,(H,21,22)/t11-,12-/m1/s1. The maximum Gasteiger partial charge on any atom is 0.393 e. The van der Waals surface area contributed by atoms with Gasteiger partial charge in [-0.25, -0.2) is 8.42 Å². The van der Waals surface area contributed by atoms with E-state index in [-0.39, 0.29) is 23.9 Å². The number of hydrogen-bond donors (Lipinski definition) is 1. The predicted molar refractivity (Wildman–Crippen MR) is 82.6 cm³/mol. The van der Waals surface area contributed by atoms with Gasteiger partial charge in [-0.3, -0.25) is 9.69 Å². The highest BCUT2D eigenvalue weighted by Gasteiger charge is 2.52. The minimum atomic E-state index is -4.61. The molecular weight excluding hydrogens is 377 g/mol. The number of alkyl halides is 3. The van der Waals surface area contributed by atoms with Crippen LogP contribution in [-0.4, -0.2) is 61.1 Å². The highest BCUT2D eigenvalue weighted by molar-refractivity contribution is 7.89. The van der Waals surface area contributed by atoms with Gasteiger partial charge in [0.2, 0.25) is 5.09 Å². The molecule has 2 atom stereocenters. The Hall–Kier alpha value is -1.59. The number of carboxylic acid groups (broad SMARTS) is 1. The molecule has 3 rings (SSSR count). The van der Waals surface area contributed by atoms with Crippen molar-refractivity contribution in [2.45, 2.75) is 30.7 Å². The molecule has 1 aromatic rings. The third-order valence-corrected chi connectivity index (χ3v) is 6.58. The molecule has 0 aromatic carbocycles. The minimum Gasteiger partial charge on any atom is -0.481 e. The second-order valence-corrected chi connectivity index (χ2v) is 8.49. The summed E-state index contributed by atoms with van der Waals surface area (Å²) in [6.07, 6.45) is -3.06. The minimum absolute atomic E-state index is 0.0775. The van der Waals surface area contributed by atoms with Crippen LogP contribution in [0.1, 0.15) is 18.6 Å². The van der Waals surface area contributed by atoms with Gasteiger partial charge in [0.15, 0.2) is 0 Å². The van der Waals surface area contributed by atoms with E-state index in [1.54, 1.807) is 0 Å². The van der Waals surface area contributed by atoms with Gasteiger partial charge in [0, 0.05) is 26.2 Å². The van der Waals surface area contributed by atoms with Crippen LogP contribution >= 0.6 is 0 Å². The molecule has 0 bridgehead atoms. The lowest BCUT2D eigenvalue weighted by molar-refractivity contribution is -0.188. The predicted octanol–water partition coefficient (Wildman–Crippen LogP) is 1.76. The van der Waals surface area contributed by atoms with Crippen molar-refractivity contribution in [1.29, 1.82) is 0 Å². The van der Waals surface area contributed by atoms with Crippen LogP contribution in [0.15, 0.2) is 21.6 Å². The molecule has 1 N–H and O–H groups in total. The Labute approximate surface area is 148 Å². The van der Waals surface area contributed by atoms with Crippen LogP contribution in [0.5, 0.6) is 0 Å². The van der Waals surface area contributed by atoms with Crippen LogP contribution in [0.3, 0.4) is 0 Å². The molecule has 26 heavy (non-hydrogen) atoms. The van der Waals surface area contributed by atoms with Gasteiger partial charge in [-0.2, -0.15) is 17.5 Å². The monoisotopic (exact) mass is 396 g/mol. The molecule has 1 aromatic heterocycles. The van der Waals surface area contributed by atoms with Crippen molar-refractivity contribution in [3.05, 3.63) is 17.9 Å². The largest absolute Gasteiger partial charge is 0.481 e. The SMILES string of the molecule is O=C(O)[C@@H]1CN(Cc2ccc(S(=O)(=O)N3CCCC3)o2)C[C@H]1C(F)(F)F. The number of nitrogens with zero attached hydrogens (tertiary/aromatic N) is 2. The molecule has 2 aliphatic rings. The average molecular weight is 396 g/mol. The number of sulfonamides is 1. The Bertz CT molecular complexity index is 770. The zero-order valence-electron chi connectivity index (χ0n) is 13.8. The van der Waals surface area contributed by atoms with Crippen LogP contribution in [0, 0.1) is 11.8 Å². The van der Waals surface area contributed by atoms with Gasteiger partial charge >= 0.3 is 12.1 Å². The summed E-state index contributed by atoms with van der Waals surface area (Å²) in [5, 5.41) is 8.79. The first-order valence-electron chi connectivity index (χ1n) is 8.20. The zero-order valence-corrected chi connectivity index (χ0v) is 14.6. The van der Waals surface area contributed by atoms with Gasteiger partial charge in [0.25, 0.3) is 10.0 Å². The first-order valence-corrected chi connectivity index (χ1v) is 9.64. The summed E-state index contributed by atoms with van der Waals surface area (Å²) in [7, 11) is -3.74. The Morgan fingerprint density at radius 1 is 1.23 bits per heavy atom. The smallest absolute Gasteiger partial charge is 0.393 e. The summed E-state index contributed by atoms with van der Waals surface area (Å²) in [5.41, 5.74) is 0. The number of rotatable bonds is 5. The van der Waals surface area contributed by atoms with E-state index in [2.05, 4.69) is 0 Å². The molecule has 0 aliphatic carbocycles. The molecule has 0 saturated carbocycles. The molecule has 0 unspecified atom stereocenters. The number of carbonyl (C=O) groups is 1. The van der Waals surface area contributed by atoms with Crippen LogP contribution < -0.4 is 0 Å². The number of halogens is 3. The second kappa shape index (κ2) is 6.86. The van der Waals surface area contributed by atoms with Crippen molar-refractivity contribution in [1.82, 2.24) is 9.21 Å². The fraction of sp³-hybridized carbons (Fsp3) is 0.667. The topological polar surface area (TPSA) is 91.1 Å². The number of aliphatic carboxylic acids is 1. The molecule has 3 heterocycles. The Balaban J connectivity index is 1.71. The van der Waals surface area contributed by atoms with E-state index in [4.69, 9.17) is 9.52 Å². The molecule has 0 amide bonds. The van der Waals surface area contributed by atoms with Gasteiger partial charge < -0.3 is 9.52 Å². The van der Waals surface area contributed by atoms with E-state index >= 15 is 0 Å². The van der Waals surface area contributed by atoms with E-state index in [1.165, 1.54) is 21.3 Å². The molecule has 2 aliphatic heterocycles. The van der Waals surface area contributed by atoms with Crippen molar-refractivity contribution in [2.24, 2.45) is 11.8 Å². The van der Waals surface area contributed by atoms with E-state index in [0.29, 0.717) is 13.1 Å². The Morgan fingerprint density at radius 2 is 1.88 bits per heavy atom. The van der Waals surface area contributed by atoms with E-state index in [1.807, 2.05) is 0 Å². The number of carboxylic acids is 1. The van der Waals surface area contributed by atoms with Gasteiger partial charge in [0.05, 0.1) is 18.4 Å². The van der Waals surface area contributed by atoms with Crippen molar-refractivity contribution in [3.63, 3.8) is 0 Å². The Kier molecular flexibility index (Phi) is 5.06. The summed E-state index contributed by atoms with van der Waals surface area (Å²) in [4.78, 5) is 12.4. The highest BCUT2D eigenvalue weighted by atomic mass is 32.2. The van der Waals surface area contributed by atoms with E-state index < -0.39 is 40.5 Å². The summed E-state index contributed by atoms with van der Waals surface area (Å²) in [6.45, 7) is 0.0196. The average Bonchev–Trinajstić information content (AvgIpc) is 3.27. The summed E-state index contributed by atoms with van der Waals surface area (Å²) >= 11 is 0. The summed E-state index contributed by atoms with van der Waals surface area (Å²) < 4.78 is 70.5. The normalized spacial score (nSPS) is 25.8. The first kappa shape index (κ1) is 19.2. The maximum atomic E-state index is 13.0. The van der Waals surface area contributed by atoms with Gasteiger partial charge in [-0.1, -0.05) is 0 Å². The third-order valence-electron chi connectivity index (χ3n) is 4.81. The lowest BCUT2D eigenvalue weighted by Crippen LogP contribution is -2.33. The van der Waals surface area contributed by atoms with E-state index in [9.17, 15) is 26.4 Å². The van der Waals surface area contributed by atoms with Gasteiger partial charge in [0.1, 0.15) is 5.76 Å². The highest BCUT2D eigenvalue weighted by Crippen LogP contribution is 2.38. The van der Waals surface area contributed by atoms with Crippen molar-refractivity contribution >= 4 is 16.0 Å². The van der Waals surface area contributed by atoms with Gasteiger partial charge in [-0.15, -0.1) is 0 Å². The lowest BCUT2D eigenvalue weighted by atomic mass is 9.96. The van der Waals surface area contributed by atoms with E-state index in [0.717, 1.165) is 12.8 Å². The lowest BCUT2D eigenvalue weighted by Gasteiger charge is -2.18. The second-order valence-electron chi connectivity index (χ2n) is 6.62. The van der Waals surface area contributed by atoms with Crippen LogP contribution in [-0.2, 0) is 21.4 Å². The van der Waals surface area contributed by atoms with Crippen molar-refractivity contribution < 1.29 is 35.9 Å². The number of likely N-dealkylation sites (tertiary alicyclic amines) is 1. The fourth-order valence-electron chi connectivity index (χ4n) is 3.45. The molecular formula is C15H19F3N2O5S. The van der Waals surface area contributed by atoms with Crippen molar-refractivity contribution in [2.75, 3.05) is 26.2 Å². The summed E-state index contributed by atoms with van der Waals surface area (Å²) in [6, 6.07) is 2.69. The van der Waals surface area contributed by atoms with Crippen molar-refractivity contribution in [3.8, 4) is 0 Å². The maximum absolute atomic E-state index is 13.0. The molecule has 0 spiro atoms. The van der Waals surface area contributed by atoms with Crippen LogP contribution in [0.25, 0.3) is 0 Å². The Morgan fingerprint density at radius 3 is 2.42 bits per heavy atom. The quantitative estimate of drug-likeness (QED) is 0.816. The molecule has 2 fully saturated rings. The summed E-state index contributed by atoms with van der Waals surface area (Å²) in [5.74, 6) is -4.80. The molecule has 146 valence electrons. The first-order chi connectivity index (χ1) is 12.1. The van der Waals surface area contributed by atoms with Crippen LogP contribution in [0.2, 0.25) is 0 Å². The third kappa shape index (κ3) is 3.74. The number of hydrogen-bond acceptors (Lipinski definition) is 5. The van der Waals surface area contributed by atoms with Gasteiger partial charge in [-0.05, 0) is 25.0 Å². The van der Waals surface area contributed by atoms with Crippen LogP contribution in [0.4, 0.5) is 13.2 Å². The molecule has 2 saturated heterocycles. The number of furan rings is 1.